The number of aryl methyl sites for hydroxylation is 1. The number of hydrogen-bond donors (Lipinski definition) is 3. The fraction of sp³-hybridized carbons (Fsp3) is 0.435. The number of rotatable bonds is 11. The minimum atomic E-state index is 0. The first-order valence-corrected chi connectivity index (χ1v) is 10.2. The van der Waals surface area contributed by atoms with Crippen LogP contribution in [0.25, 0.3) is 0 Å². The van der Waals surface area contributed by atoms with Crippen LogP contribution in [0.5, 0.6) is 17.2 Å². The summed E-state index contributed by atoms with van der Waals surface area (Å²) in [5, 5.41) is 16.8. The van der Waals surface area contributed by atoms with E-state index < -0.39 is 0 Å². The van der Waals surface area contributed by atoms with Gasteiger partial charge >= 0.3 is 0 Å². The molecule has 0 saturated carbocycles. The van der Waals surface area contributed by atoms with Crippen LogP contribution in [0.15, 0.2) is 47.5 Å². The number of halogens is 1. The zero-order valence-corrected chi connectivity index (χ0v) is 20.4. The van der Waals surface area contributed by atoms with Crippen molar-refractivity contribution in [2.24, 2.45) is 4.99 Å². The second-order valence-corrected chi connectivity index (χ2v) is 6.71. The maximum Gasteiger partial charge on any atom is 0.191 e. The Bertz CT molecular complexity index is 767. The molecule has 0 atom stereocenters. The molecule has 0 bridgehead atoms. The predicted octanol–water partition coefficient (Wildman–Crippen LogP) is 4.15. The zero-order chi connectivity index (χ0) is 20.9. The fourth-order valence-electron chi connectivity index (χ4n) is 3.02. The molecule has 0 unspecified atom stereocenters. The van der Waals surface area contributed by atoms with E-state index >= 15 is 0 Å². The Morgan fingerprint density at radius 3 is 2.40 bits per heavy atom. The first-order chi connectivity index (χ1) is 14.2. The van der Waals surface area contributed by atoms with Crippen LogP contribution in [0, 0.1) is 0 Å². The van der Waals surface area contributed by atoms with Gasteiger partial charge in [0.25, 0.3) is 0 Å². The lowest BCUT2D eigenvalue weighted by molar-refractivity contribution is 0.370. The van der Waals surface area contributed by atoms with Crippen molar-refractivity contribution in [2.75, 3.05) is 33.9 Å². The van der Waals surface area contributed by atoms with Crippen molar-refractivity contribution in [2.45, 2.75) is 32.6 Å². The highest BCUT2D eigenvalue weighted by atomic mass is 127. The third-order valence-corrected chi connectivity index (χ3v) is 4.64. The lowest BCUT2D eigenvalue weighted by atomic mass is 10.1. The average molecular weight is 527 g/mol. The summed E-state index contributed by atoms with van der Waals surface area (Å²) in [4.78, 5) is 4.65. The molecule has 30 heavy (non-hydrogen) atoms. The van der Waals surface area contributed by atoms with Gasteiger partial charge in [0, 0.05) is 19.6 Å². The van der Waals surface area contributed by atoms with Gasteiger partial charge in [-0.05, 0) is 61.9 Å². The predicted molar refractivity (Wildman–Crippen MR) is 134 cm³/mol. The van der Waals surface area contributed by atoms with E-state index in [1.165, 1.54) is 5.56 Å². The smallest absolute Gasteiger partial charge is 0.191 e. The standard InChI is InChI=1S/C23H33N3O3.HI/c1-4-24-23(26-17-15-19-9-7-10-21(29-3)22(19)27)25-16-6-5-8-18-11-13-20(28-2)14-12-18;/h7,9-14,27H,4-6,8,15-17H2,1-3H3,(H2,24,25,26);1H. The number of phenols is 1. The van der Waals surface area contributed by atoms with Crippen LogP contribution < -0.4 is 20.1 Å². The molecule has 0 aromatic heterocycles. The number of ether oxygens (including phenoxy) is 2. The summed E-state index contributed by atoms with van der Waals surface area (Å²) < 4.78 is 10.3. The molecule has 0 aliphatic heterocycles. The monoisotopic (exact) mass is 527 g/mol. The van der Waals surface area contributed by atoms with E-state index in [2.05, 4.69) is 34.7 Å². The number of nitrogens with zero attached hydrogens (tertiary/aromatic N) is 1. The van der Waals surface area contributed by atoms with Crippen LogP contribution in [-0.2, 0) is 12.8 Å². The third kappa shape index (κ3) is 8.69. The maximum absolute atomic E-state index is 10.2. The Morgan fingerprint density at radius 1 is 0.967 bits per heavy atom. The van der Waals surface area contributed by atoms with Crippen molar-refractivity contribution in [3.8, 4) is 17.2 Å². The number of guanidine groups is 1. The molecule has 0 radical (unpaired) electrons. The number of aliphatic imine (C=N–C) groups is 1. The molecule has 0 saturated heterocycles. The highest BCUT2D eigenvalue weighted by molar-refractivity contribution is 14.0. The van der Waals surface area contributed by atoms with E-state index in [0.29, 0.717) is 18.7 Å². The number of aromatic hydroxyl groups is 1. The van der Waals surface area contributed by atoms with Gasteiger partial charge in [-0.25, -0.2) is 0 Å². The molecular weight excluding hydrogens is 493 g/mol. The Hall–Kier alpha value is -2.16. The van der Waals surface area contributed by atoms with E-state index in [9.17, 15) is 5.11 Å². The SMILES string of the molecule is CCNC(=NCCCCc1ccc(OC)cc1)NCCc1cccc(OC)c1O.I. The van der Waals surface area contributed by atoms with Crippen LogP contribution in [-0.4, -0.2) is 44.9 Å². The van der Waals surface area contributed by atoms with Crippen LogP contribution in [0.2, 0.25) is 0 Å². The van der Waals surface area contributed by atoms with Gasteiger partial charge in [0.05, 0.1) is 14.2 Å². The molecule has 166 valence electrons. The van der Waals surface area contributed by atoms with E-state index in [4.69, 9.17) is 9.47 Å². The van der Waals surface area contributed by atoms with Gasteiger partial charge in [0.15, 0.2) is 17.5 Å². The third-order valence-electron chi connectivity index (χ3n) is 4.64. The molecule has 6 nitrogen and oxygen atoms in total. The molecule has 2 aromatic carbocycles. The topological polar surface area (TPSA) is 75.1 Å². The Kier molecular flexibility index (Phi) is 12.7. The van der Waals surface area contributed by atoms with Gasteiger partial charge in [-0.1, -0.05) is 24.3 Å². The van der Waals surface area contributed by atoms with Crippen molar-refractivity contribution in [3.05, 3.63) is 53.6 Å². The summed E-state index contributed by atoms with van der Waals surface area (Å²) in [6.45, 7) is 4.31. The molecule has 0 amide bonds. The summed E-state index contributed by atoms with van der Waals surface area (Å²) >= 11 is 0. The molecular formula is C23H34IN3O3. The molecule has 0 heterocycles. The van der Waals surface area contributed by atoms with Crippen LogP contribution >= 0.6 is 24.0 Å². The number of para-hydroxylation sites is 1. The van der Waals surface area contributed by atoms with Gasteiger partial charge < -0.3 is 25.2 Å². The van der Waals surface area contributed by atoms with E-state index in [-0.39, 0.29) is 29.7 Å². The van der Waals surface area contributed by atoms with Crippen molar-refractivity contribution in [1.29, 1.82) is 0 Å². The number of nitrogens with one attached hydrogen (secondary N) is 2. The number of phenolic OH excluding ortho intramolecular Hbond substituents is 1. The van der Waals surface area contributed by atoms with Gasteiger partial charge in [-0.3, -0.25) is 4.99 Å². The maximum atomic E-state index is 10.2. The summed E-state index contributed by atoms with van der Waals surface area (Å²) in [5.74, 6) is 2.40. The summed E-state index contributed by atoms with van der Waals surface area (Å²) in [5.41, 5.74) is 2.17. The molecule has 2 rings (SSSR count). The lowest BCUT2D eigenvalue weighted by Crippen LogP contribution is -2.38. The summed E-state index contributed by atoms with van der Waals surface area (Å²) in [6.07, 6.45) is 3.84. The Morgan fingerprint density at radius 2 is 1.73 bits per heavy atom. The minimum absolute atomic E-state index is 0. The van der Waals surface area contributed by atoms with E-state index in [0.717, 1.165) is 49.6 Å². The van der Waals surface area contributed by atoms with Gasteiger partial charge in [-0.15, -0.1) is 24.0 Å². The normalized spacial score (nSPS) is 10.8. The van der Waals surface area contributed by atoms with Crippen LogP contribution in [0.1, 0.15) is 30.9 Å². The van der Waals surface area contributed by atoms with Crippen molar-refractivity contribution >= 4 is 29.9 Å². The number of unbranched alkanes of at least 4 members (excludes halogenated alkanes) is 1. The van der Waals surface area contributed by atoms with Gasteiger partial charge in [0.1, 0.15) is 5.75 Å². The Balaban J connectivity index is 0.00000450. The van der Waals surface area contributed by atoms with Crippen molar-refractivity contribution < 1.29 is 14.6 Å². The zero-order valence-electron chi connectivity index (χ0n) is 18.1. The van der Waals surface area contributed by atoms with Gasteiger partial charge in [0.2, 0.25) is 0 Å². The first kappa shape index (κ1) is 25.9. The second-order valence-electron chi connectivity index (χ2n) is 6.71. The molecule has 0 aliphatic rings. The quantitative estimate of drug-likeness (QED) is 0.177. The summed E-state index contributed by atoms with van der Waals surface area (Å²) in [7, 11) is 3.24. The highest BCUT2D eigenvalue weighted by Gasteiger charge is 2.07. The molecule has 3 N–H and O–H groups in total. The number of hydrogen-bond acceptors (Lipinski definition) is 4. The van der Waals surface area contributed by atoms with Crippen molar-refractivity contribution in [3.63, 3.8) is 0 Å². The Labute approximate surface area is 197 Å². The molecule has 2 aromatic rings. The van der Waals surface area contributed by atoms with Crippen LogP contribution in [0.4, 0.5) is 0 Å². The average Bonchev–Trinajstić information content (AvgIpc) is 2.75. The number of benzene rings is 2. The highest BCUT2D eigenvalue weighted by Crippen LogP contribution is 2.29. The van der Waals surface area contributed by atoms with Gasteiger partial charge in [-0.2, -0.15) is 0 Å². The molecule has 0 fully saturated rings. The summed E-state index contributed by atoms with van der Waals surface area (Å²) in [6, 6.07) is 13.8. The van der Waals surface area contributed by atoms with Crippen LogP contribution in [0.3, 0.4) is 0 Å². The van der Waals surface area contributed by atoms with E-state index in [1.807, 2.05) is 24.3 Å². The molecule has 7 heteroatoms. The second kappa shape index (κ2) is 14.8. The minimum Gasteiger partial charge on any atom is -0.504 e. The largest absolute Gasteiger partial charge is 0.504 e. The first-order valence-electron chi connectivity index (χ1n) is 10.2. The molecule has 0 aliphatic carbocycles. The van der Waals surface area contributed by atoms with E-state index in [1.54, 1.807) is 20.3 Å². The fourth-order valence-corrected chi connectivity index (χ4v) is 3.02. The molecule has 0 spiro atoms. The van der Waals surface area contributed by atoms with Crippen molar-refractivity contribution in [1.82, 2.24) is 10.6 Å². The number of methoxy groups -OCH3 is 2. The lowest BCUT2D eigenvalue weighted by Gasteiger charge is -2.13.